The lowest BCUT2D eigenvalue weighted by Crippen LogP contribution is -2.31. The van der Waals surface area contributed by atoms with Gasteiger partial charge in [0.2, 0.25) is 0 Å². The highest BCUT2D eigenvalue weighted by Gasteiger charge is 2.31. The van der Waals surface area contributed by atoms with Crippen molar-refractivity contribution in [1.82, 2.24) is 10.3 Å². The average Bonchev–Trinajstić information content (AvgIpc) is 2.83. The summed E-state index contributed by atoms with van der Waals surface area (Å²) < 4.78 is 5.94. The first-order valence-electron chi connectivity index (χ1n) is 5.87. The summed E-state index contributed by atoms with van der Waals surface area (Å²) in [5.74, 6) is 0. The molecule has 1 aromatic heterocycles. The van der Waals surface area contributed by atoms with Crippen LogP contribution in [0.25, 0.3) is 0 Å². The fraction of sp³-hybridized carbons (Fsp3) is 0.750. The molecule has 16 heavy (non-hydrogen) atoms. The first-order valence-corrected chi connectivity index (χ1v) is 6.75. The smallest absolute Gasteiger partial charge is 0.109 e. The van der Waals surface area contributed by atoms with E-state index >= 15 is 0 Å². The quantitative estimate of drug-likeness (QED) is 0.878. The Balaban J connectivity index is 1.76. The molecule has 0 amide bonds. The van der Waals surface area contributed by atoms with Gasteiger partial charge in [-0.3, -0.25) is 0 Å². The Hall–Kier alpha value is -0.450. The highest BCUT2D eigenvalue weighted by atomic mass is 32.1. The van der Waals surface area contributed by atoms with Gasteiger partial charge in [0, 0.05) is 18.1 Å². The van der Waals surface area contributed by atoms with Crippen molar-refractivity contribution >= 4 is 11.3 Å². The van der Waals surface area contributed by atoms with Crippen LogP contribution in [0.2, 0.25) is 0 Å². The molecule has 90 valence electrons. The largest absolute Gasteiger partial charge is 0.371 e. The lowest BCUT2D eigenvalue weighted by atomic mass is 10.1. The summed E-state index contributed by atoms with van der Waals surface area (Å²) in [5, 5.41) is 6.65. The number of rotatable bonds is 4. The number of aromatic nitrogens is 1. The van der Waals surface area contributed by atoms with Crippen molar-refractivity contribution in [1.29, 1.82) is 0 Å². The Bertz CT molecular complexity index is 324. The topological polar surface area (TPSA) is 34.1 Å². The van der Waals surface area contributed by atoms with E-state index in [-0.39, 0.29) is 5.60 Å². The molecule has 0 bridgehead atoms. The number of hydrogen-bond donors (Lipinski definition) is 1. The molecule has 2 heterocycles. The number of ether oxygens (including phenoxy) is 1. The van der Waals surface area contributed by atoms with Crippen LogP contribution < -0.4 is 5.32 Å². The van der Waals surface area contributed by atoms with E-state index in [2.05, 4.69) is 31.1 Å². The molecular formula is C12H20N2OS. The molecule has 0 saturated carbocycles. The third-order valence-electron chi connectivity index (χ3n) is 3.03. The van der Waals surface area contributed by atoms with Crippen LogP contribution >= 0.6 is 11.3 Å². The fourth-order valence-corrected chi connectivity index (χ4v) is 2.74. The van der Waals surface area contributed by atoms with Gasteiger partial charge in [0.05, 0.1) is 17.7 Å². The van der Waals surface area contributed by atoms with Gasteiger partial charge < -0.3 is 10.1 Å². The van der Waals surface area contributed by atoms with E-state index in [4.69, 9.17) is 4.74 Å². The fourth-order valence-electron chi connectivity index (χ4n) is 2.07. The maximum absolute atomic E-state index is 5.94. The van der Waals surface area contributed by atoms with Gasteiger partial charge in [0.15, 0.2) is 0 Å². The van der Waals surface area contributed by atoms with Crippen LogP contribution in [0.4, 0.5) is 0 Å². The molecule has 0 aromatic carbocycles. The summed E-state index contributed by atoms with van der Waals surface area (Å²) >= 11 is 1.70. The van der Waals surface area contributed by atoms with Crippen molar-refractivity contribution in [2.24, 2.45) is 0 Å². The van der Waals surface area contributed by atoms with Gasteiger partial charge in [-0.2, -0.15) is 0 Å². The van der Waals surface area contributed by atoms with E-state index in [1.807, 2.05) is 11.6 Å². The van der Waals surface area contributed by atoms with Gasteiger partial charge in [-0.15, -0.1) is 11.3 Å². The van der Waals surface area contributed by atoms with E-state index in [0.717, 1.165) is 24.4 Å². The molecule has 1 saturated heterocycles. The second-order valence-electron chi connectivity index (χ2n) is 5.04. The molecule has 1 aliphatic heterocycles. The summed E-state index contributed by atoms with van der Waals surface area (Å²) in [6, 6.07) is 0.326. The van der Waals surface area contributed by atoms with Crippen molar-refractivity contribution in [3.05, 3.63) is 16.6 Å². The van der Waals surface area contributed by atoms with Crippen molar-refractivity contribution in [2.75, 3.05) is 6.54 Å². The van der Waals surface area contributed by atoms with Crippen LogP contribution in [0, 0.1) is 0 Å². The molecular weight excluding hydrogens is 220 g/mol. The van der Waals surface area contributed by atoms with E-state index in [0.29, 0.717) is 12.1 Å². The van der Waals surface area contributed by atoms with Crippen molar-refractivity contribution in [3.8, 4) is 0 Å². The zero-order valence-corrected chi connectivity index (χ0v) is 11.0. The monoisotopic (exact) mass is 240 g/mol. The van der Waals surface area contributed by atoms with E-state index < -0.39 is 0 Å². The molecule has 4 heteroatoms. The van der Waals surface area contributed by atoms with Crippen LogP contribution in [-0.2, 0) is 4.74 Å². The maximum Gasteiger partial charge on any atom is 0.109 e. The first kappa shape index (κ1) is 12.0. The van der Waals surface area contributed by atoms with Gasteiger partial charge >= 0.3 is 0 Å². The molecule has 1 fully saturated rings. The minimum Gasteiger partial charge on any atom is -0.371 e. The van der Waals surface area contributed by atoms with Crippen molar-refractivity contribution in [2.45, 2.75) is 51.4 Å². The Morgan fingerprint density at radius 3 is 3.06 bits per heavy atom. The summed E-state index contributed by atoms with van der Waals surface area (Å²) in [6.45, 7) is 7.40. The second kappa shape index (κ2) is 4.82. The maximum atomic E-state index is 5.94. The minimum absolute atomic E-state index is 0.0662. The summed E-state index contributed by atoms with van der Waals surface area (Å²) in [7, 11) is 0. The van der Waals surface area contributed by atoms with Gasteiger partial charge in [-0.1, -0.05) is 0 Å². The SMILES string of the molecule is CC(NCC1CCC(C)(C)O1)c1nccs1. The highest BCUT2D eigenvalue weighted by Crippen LogP contribution is 2.29. The molecule has 0 radical (unpaired) electrons. The van der Waals surface area contributed by atoms with Gasteiger partial charge in [-0.25, -0.2) is 4.98 Å². The molecule has 1 aliphatic rings. The molecule has 1 N–H and O–H groups in total. The molecule has 2 atom stereocenters. The van der Waals surface area contributed by atoms with Gasteiger partial charge in [-0.05, 0) is 33.6 Å². The van der Waals surface area contributed by atoms with Crippen LogP contribution in [-0.4, -0.2) is 23.2 Å². The lowest BCUT2D eigenvalue weighted by Gasteiger charge is -2.20. The van der Waals surface area contributed by atoms with E-state index in [9.17, 15) is 0 Å². The molecule has 0 aliphatic carbocycles. The zero-order chi connectivity index (χ0) is 11.6. The Morgan fingerprint density at radius 2 is 2.50 bits per heavy atom. The Labute approximate surface area is 101 Å². The van der Waals surface area contributed by atoms with E-state index in [1.54, 1.807) is 11.3 Å². The lowest BCUT2D eigenvalue weighted by molar-refractivity contribution is -0.0150. The van der Waals surface area contributed by atoms with Crippen LogP contribution in [0.5, 0.6) is 0 Å². The average molecular weight is 240 g/mol. The molecule has 3 nitrogen and oxygen atoms in total. The Kier molecular flexibility index (Phi) is 3.62. The molecule has 1 aromatic rings. The summed E-state index contributed by atoms with van der Waals surface area (Å²) in [6.07, 6.45) is 4.53. The molecule has 2 unspecified atom stereocenters. The standard InChI is InChI=1S/C12H20N2OS/c1-9(11-13-6-7-16-11)14-8-10-4-5-12(2,3)15-10/h6-7,9-10,14H,4-5,8H2,1-3H3. The van der Waals surface area contributed by atoms with Gasteiger partial charge in [0.25, 0.3) is 0 Å². The number of hydrogen-bond acceptors (Lipinski definition) is 4. The normalized spacial score (nSPS) is 25.8. The van der Waals surface area contributed by atoms with Crippen LogP contribution in [0.3, 0.4) is 0 Å². The summed E-state index contributed by atoms with van der Waals surface area (Å²) in [5.41, 5.74) is 0.0662. The third-order valence-corrected chi connectivity index (χ3v) is 3.99. The second-order valence-corrected chi connectivity index (χ2v) is 5.96. The van der Waals surface area contributed by atoms with Crippen molar-refractivity contribution in [3.63, 3.8) is 0 Å². The summed E-state index contributed by atoms with van der Waals surface area (Å²) in [4.78, 5) is 4.31. The molecule has 0 spiro atoms. The predicted octanol–water partition coefficient (Wildman–Crippen LogP) is 2.75. The van der Waals surface area contributed by atoms with Gasteiger partial charge in [0.1, 0.15) is 5.01 Å². The zero-order valence-electron chi connectivity index (χ0n) is 10.2. The van der Waals surface area contributed by atoms with E-state index in [1.165, 1.54) is 0 Å². The number of thiazole rings is 1. The number of nitrogens with one attached hydrogen (secondary N) is 1. The highest BCUT2D eigenvalue weighted by molar-refractivity contribution is 7.09. The Morgan fingerprint density at radius 1 is 1.69 bits per heavy atom. The number of nitrogens with zero attached hydrogens (tertiary/aromatic N) is 1. The van der Waals surface area contributed by atoms with Crippen molar-refractivity contribution < 1.29 is 4.74 Å². The van der Waals surface area contributed by atoms with Crippen LogP contribution in [0.1, 0.15) is 44.7 Å². The minimum atomic E-state index is 0.0662. The molecule has 2 rings (SSSR count). The van der Waals surface area contributed by atoms with Crippen LogP contribution in [0.15, 0.2) is 11.6 Å². The first-order chi connectivity index (χ1) is 7.57. The third kappa shape index (κ3) is 3.03. The predicted molar refractivity (Wildman–Crippen MR) is 66.7 cm³/mol.